The van der Waals surface area contributed by atoms with Crippen molar-refractivity contribution < 1.29 is 23.1 Å². The van der Waals surface area contributed by atoms with Crippen LogP contribution in [0.3, 0.4) is 0 Å². The molecular weight excluding hydrogens is 418 g/mol. The molecule has 8 nitrogen and oxygen atoms in total. The van der Waals surface area contributed by atoms with Gasteiger partial charge in [-0.2, -0.15) is 0 Å². The molecule has 9 heteroatoms. The van der Waals surface area contributed by atoms with Gasteiger partial charge in [0.1, 0.15) is 0 Å². The van der Waals surface area contributed by atoms with E-state index in [1.165, 1.54) is 36.5 Å². The number of unbranched alkanes of at least 4 members (excludes halogenated alkanes) is 2. The average molecular weight is 448 g/mol. The van der Waals surface area contributed by atoms with E-state index in [4.69, 9.17) is 5.11 Å². The van der Waals surface area contributed by atoms with Crippen molar-refractivity contribution in [2.45, 2.75) is 51.0 Å². The zero-order valence-electron chi connectivity index (χ0n) is 17.9. The summed E-state index contributed by atoms with van der Waals surface area (Å²) in [6, 6.07) is 8.50. The van der Waals surface area contributed by atoms with Gasteiger partial charge < -0.3 is 10.0 Å². The molecule has 0 radical (unpaired) electrons. The predicted molar refractivity (Wildman–Crippen MR) is 117 cm³/mol. The summed E-state index contributed by atoms with van der Waals surface area (Å²) in [5, 5.41) is 9.02. The van der Waals surface area contributed by atoms with Gasteiger partial charge in [0.2, 0.25) is 0 Å². The molecule has 0 saturated heterocycles. The Hall–Kier alpha value is -2.78. The van der Waals surface area contributed by atoms with E-state index in [1.807, 2.05) is 18.6 Å². The lowest BCUT2D eigenvalue weighted by molar-refractivity contribution is 0.0750. The third-order valence-corrected chi connectivity index (χ3v) is 6.05. The summed E-state index contributed by atoms with van der Waals surface area (Å²) in [6.45, 7) is 5.03. The van der Waals surface area contributed by atoms with E-state index in [0.29, 0.717) is 18.8 Å². The Bertz CT molecular complexity index is 982. The van der Waals surface area contributed by atoms with Gasteiger partial charge in [0.15, 0.2) is 0 Å². The number of sulfonamides is 1. The number of carbonyl (C=O) groups is 2. The first-order valence-corrected chi connectivity index (χ1v) is 11.8. The molecule has 0 aliphatic rings. The number of pyridine rings is 1. The molecule has 0 fully saturated rings. The molecule has 0 bridgehead atoms. The van der Waals surface area contributed by atoms with Crippen LogP contribution in [0, 0.1) is 0 Å². The van der Waals surface area contributed by atoms with Crippen LogP contribution in [0.4, 0.5) is 0 Å². The average Bonchev–Trinajstić information content (AvgIpc) is 2.78. The van der Waals surface area contributed by atoms with Crippen molar-refractivity contribution in [2.75, 3.05) is 13.1 Å². The van der Waals surface area contributed by atoms with Crippen LogP contribution in [0.25, 0.3) is 0 Å². The number of aromatic nitrogens is 1. The minimum absolute atomic E-state index is 0.0401. The second kappa shape index (κ2) is 11.6. The first-order valence-electron chi connectivity index (χ1n) is 10.3. The van der Waals surface area contributed by atoms with Crippen LogP contribution >= 0.6 is 0 Å². The fraction of sp³-hybridized carbons (Fsp3) is 0.409. The van der Waals surface area contributed by atoms with Crippen molar-refractivity contribution in [1.82, 2.24) is 14.6 Å². The number of aliphatic hydroxyl groups is 1. The summed E-state index contributed by atoms with van der Waals surface area (Å²) in [5.41, 5.74) is 0.663. The standard InChI is InChI=1S/C22H29N3O5S/c1-3-5-12-25(13-6-4-2)22(28)17-8-7-9-20(14-17)31(29,30)24-21(27)18-10-11-19(16-26)23-15-18/h7-11,14-15,26H,3-6,12-13,16H2,1-2H3,(H,24,27). The normalized spacial score (nSPS) is 11.2. The Morgan fingerprint density at radius 1 is 1.03 bits per heavy atom. The Morgan fingerprint density at radius 3 is 2.26 bits per heavy atom. The summed E-state index contributed by atoms with van der Waals surface area (Å²) >= 11 is 0. The van der Waals surface area contributed by atoms with Crippen molar-refractivity contribution in [3.05, 3.63) is 59.4 Å². The van der Waals surface area contributed by atoms with Gasteiger partial charge in [-0.25, -0.2) is 13.1 Å². The van der Waals surface area contributed by atoms with Crippen molar-refractivity contribution in [1.29, 1.82) is 0 Å². The fourth-order valence-corrected chi connectivity index (χ4v) is 3.90. The zero-order chi connectivity index (χ0) is 22.9. The van der Waals surface area contributed by atoms with Gasteiger partial charge in [0.05, 0.1) is 22.8 Å². The number of rotatable bonds is 11. The number of nitrogens with zero attached hydrogens (tertiary/aromatic N) is 2. The Balaban J connectivity index is 2.20. The first-order chi connectivity index (χ1) is 14.8. The number of aliphatic hydroxyl groups excluding tert-OH is 1. The number of amides is 2. The van der Waals surface area contributed by atoms with E-state index in [-0.39, 0.29) is 28.5 Å². The van der Waals surface area contributed by atoms with Crippen LogP contribution in [0.1, 0.15) is 65.9 Å². The van der Waals surface area contributed by atoms with Gasteiger partial charge in [-0.3, -0.25) is 14.6 Å². The van der Waals surface area contributed by atoms with Crippen molar-refractivity contribution in [2.24, 2.45) is 0 Å². The molecule has 2 amide bonds. The van der Waals surface area contributed by atoms with Crippen LogP contribution in [0.2, 0.25) is 0 Å². The van der Waals surface area contributed by atoms with Gasteiger partial charge in [-0.1, -0.05) is 32.8 Å². The van der Waals surface area contributed by atoms with E-state index >= 15 is 0 Å². The van der Waals surface area contributed by atoms with Crippen LogP contribution in [-0.4, -0.2) is 48.3 Å². The Kier molecular flexibility index (Phi) is 9.14. The number of carbonyl (C=O) groups excluding carboxylic acids is 2. The molecule has 168 valence electrons. The SMILES string of the molecule is CCCCN(CCCC)C(=O)c1cccc(S(=O)(=O)NC(=O)c2ccc(CO)nc2)c1. The zero-order valence-corrected chi connectivity index (χ0v) is 18.7. The van der Waals surface area contributed by atoms with E-state index in [2.05, 4.69) is 4.98 Å². The maximum atomic E-state index is 13.0. The number of hydrogen-bond acceptors (Lipinski definition) is 6. The lowest BCUT2D eigenvalue weighted by atomic mass is 10.1. The van der Waals surface area contributed by atoms with E-state index in [9.17, 15) is 18.0 Å². The molecule has 0 atom stereocenters. The quantitative estimate of drug-likeness (QED) is 0.547. The topological polar surface area (TPSA) is 117 Å². The van der Waals surface area contributed by atoms with Crippen molar-refractivity contribution in [3.8, 4) is 0 Å². The third-order valence-electron chi connectivity index (χ3n) is 4.72. The molecular formula is C22H29N3O5S. The number of benzene rings is 1. The molecule has 0 unspecified atom stereocenters. The third kappa shape index (κ3) is 6.86. The summed E-state index contributed by atoms with van der Waals surface area (Å²) < 4.78 is 27.4. The largest absolute Gasteiger partial charge is 0.390 e. The highest BCUT2D eigenvalue weighted by Gasteiger charge is 2.22. The van der Waals surface area contributed by atoms with Crippen molar-refractivity contribution in [3.63, 3.8) is 0 Å². The molecule has 2 N–H and O–H groups in total. The lowest BCUT2D eigenvalue weighted by Crippen LogP contribution is -2.33. The summed E-state index contributed by atoms with van der Waals surface area (Å²) in [5.74, 6) is -1.07. The molecule has 2 rings (SSSR count). The second-order valence-corrected chi connectivity index (χ2v) is 8.84. The maximum Gasteiger partial charge on any atom is 0.266 e. The molecule has 31 heavy (non-hydrogen) atoms. The van der Waals surface area contributed by atoms with Crippen LogP contribution in [0.5, 0.6) is 0 Å². The van der Waals surface area contributed by atoms with Crippen LogP contribution < -0.4 is 4.72 Å². The molecule has 1 aromatic carbocycles. The second-order valence-electron chi connectivity index (χ2n) is 7.16. The van der Waals surface area contributed by atoms with E-state index in [1.54, 1.807) is 11.0 Å². The van der Waals surface area contributed by atoms with Crippen molar-refractivity contribution >= 4 is 21.8 Å². The minimum Gasteiger partial charge on any atom is -0.390 e. The van der Waals surface area contributed by atoms with Gasteiger partial charge >= 0.3 is 0 Å². The summed E-state index contributed by atoms with van der Waals surface area (Å²) in [6.07, 6.45) is 4.82. The van der Waals surface area contributed by atoms with Crippen LogP contribution in [0.15, 0.2) is 47.5 Å². The molecule has 2 aromatic rings. The fourth-order valence-electron chi connectivity index (χ4n) is 2.88. The lowest BCUT2D eigenvalue weighted by Gasteiger charge is -2.22. The molecule has 1 heterocycles. The Morgan fingerprint density at radius 2 is 1.71 bits per heavy atom. The van der Waals surface area contributed by atoms with E-state index in [0.717, 1.165) is 25.7 Å². The monoisotopic (exact) mass is 447 g/mol. The Labute approximate surface area is 183 Å². The smallest absolute Gasteiger partial charge is 0.266 e. The molecule has 1 aromatic heterocycles. The van der Waals surface area contributed by atoms with Gasteiger partial charge in [0, 0.05) is 24.8 Å². The van der Waals surface area contributed by atoms with Gasteiger partial charge in [-0.15, -0.1) is 0 Å². The van der Waals surface area contributed by atoms with E-state index < -0.39 is 15.9 Å². The molecule has 0 aliphatic carbocycles. The van der Waals surface area contributed by atoms with Gasteiger partial charge in [0.25, 0.3) is 21.8 Å². The highest BCUT2D eigenvalue weighted by Crippen LogP contribution is 2.15. The van der Waals surface area contributed by atoms with Crippen LogP contribution in [-0.2, 0) is 16.6 Å². The first kappa shape index (κ1) is 24.5. The molecule has 0 aliphatic heterocycles. The van der Waals surface area contributed by atoms with Gasteiger partial charge in [-0.05, 0) is 43.2 Å². The predicted octanol–water partition coefficient (Wildman–Crippen LogP) is 2.74. The minimum atomic E-state index is -4.19. The summed E-state index contributed by atoms with van der Waals surface area (Å²) in [4.78, 5) is 30.7. The summed E-state index contributed by atoms with van der Waals surface area (Å²) in [7, 11) is -4.19. The number of nitrogens with one attached hydrogen (secondary N) is 1. The molecule has 0 spiro atoms. The molecule has 0 saturated carbocycles. The highest BCUT2D eigenvalue weighted by molar-refractivity contribution is 7.90. The highest BCUT2D eigenvalue weighted by atomic mass is 32.2. The maximum absolute atomic E-state index is 13.0. The number of hydrogen-bond donors (Lipinski definition) is 2.